The van der Waals surface area contributed by atoms with Crippen LogP contribution in [0.2, 0.25) is 0 Å². The number of carbonyl (C=O) groups excluding carboxylic acids is 1. The van der Waals surface area contributed by atoms with Crippen molar-refractivity contribution in [2.24, 2.45) is 0 Å². The van der Waals surface area contributed by atoms with E-state index in [1.165, 1.54) is 24.3 Å². The number of halogens is 1. The molecule has 1 unspecified atom stereocenters. The fourth-order valence-electron chi connectivity index (χ4n) is 3.81. The van der Waals surface area contributed by atoms with Gasteiger partial charge in [-0.05, 0) is 56.2 Å². The number of nitrogens with zero attached hydrogens (tertiary/aromatic N) is 2. The first-order valence-electron chi connectivity index (χ1n) is 9.43. The fourth-order valence-corrected chi connectivity index (χ4v) is 3.81. The zero-order valence-electron chi connectivity index (χ0n) is 15.6. The minimum absolute atomic E-state index is 0.0565. The van der Waals surface area contributed by atoms with Gasteiger partial charge in [-0.1, -0.05) is 12.1 Å². The Morgan fingerprint density at radius 2 is 1.82 bits per heavy atom. The zero-order chi connectivity index (χ0) is 19.7. The third kappa shape index (κ3) is 3.52. The highest BCUT2D eigenvalue weighted by Gasteiger charge is 2.29. The van der Waals surface area contributed by atoms with Crippen LogP contribution in [-0.4, -0.2) is 39.6 Å². The summed E-state index contributed by atoms with van der Waals surface area (Å²) >= 11 is 0. The van der Waals surface area contributed by atoms with Crippen LogP contribution in [0.5, 0.6) is 5.75 Å². The predicted octanol–water partition coefficient (Wildman–Crippen LogP) is 3.10. The molecule has 1 saturated heterocycles. The van der Waals surface area contributed by atoms with E-state index in [0.717, 1.165) is 11.0 Å². The number of ether oxygens (including phenoxy) is 1. The number of hydrogen-bond acceptors (Lipinski definition) is 3. The highest BCUT2D eigenvalue weighted by atomic mass is 19.1. The van der Waals surface area contributed by atoms with E-state index in [1.807, 2.05) is 24.3 Å². The molecule has 2 heterocycles. The van der Waals surface area contributed by atoms with Crippen molar-refractivity contribution in [3.8, 4) is 5.75 Å². The number of para-hydroxylation sites is 2. The first kappa shape index (κ1) is 18.3. The lowest BCUT2D eigenvalue weighted by atomic mass is 10.0. The van der Waals surface area contributed by atoms with Gasteiger partial charge in [0, 0.05) is 19.1 Å². The summed E-state index contributed by atoms with van der Waals surface area (Å²) in [5.41, 5.74) is 1.61. The average molecular weight is 383 g/mol. The maximum absolute atomic E-state index is 13.0. The monoisotopic (exact) mass is 383 g/mol. The van der Waals surface area contributed by atoms with Crippen LogP contribution in [-0.2, 0) is 4.79 Å². The maximum Gasteiger partial charge on any atom is 0.326 e. The molecule has 1 aromatic heterocycles. The smallest absolute Gasteiger partial charge is 0.326 e. The Kier molecular flexibility index (Phi) is 4.90. The summed E-state index contributed by atoms with van der Waals surface area (Å²) in [6, 6.07) is 13.3. The Morgan fingerprint density at radius 1 is 1.14 bits per heavy atom. The van der Waals surface area contributed by atoms with Crippen LogP contribution in [0.15, 0.2) is 53.3 Å². The van der Waals surface area contributed by atoms with Crippen molar-refractivity contribution in [3.63, 3.8) is 0 Å². The Bertz CT molecular complexity index is 1030. The van der Waals surface area contributed by atoms with Gasteiger partial charge in [0.05, 0.1) is 11.0 Å². The van der Waals surface area contributed by atoms with Gasteiger partial charge in [0.1, 0.15) is 11.6 Å². The lowest BCUT2D eigenvalue weighted by Gasteiger charge is -2.34. The van der Waals surface area contributed by atoms with Crippen LogP contribution in [0.4, 0.5) is 4.39 Å². The van der Waals surface area contributed by atoms with Crippen LogP contribution < -0.4 is 10.4 Å². The molecule has 1 aliphatic heterocycles. The van der Waals surface area contributed by atoms with E-state index in [2.05, 4.69) is 4.98 Å². The van der Waals surface area contributed by atoms with E-state index in [9.17, 15) is 14.0 Å². The van der Waals surface area contributed by atoms with Gasteiger partial charge >= 0.3 is 5.69 Å². The molecule has 1 N–H and O–H groups in total. The molecular weight excluding hydrogens is 361 g/mol. The number of imidazole rings is 1. The molecule has 146 valence electrons. The summed E-state index contributed by atoms with van der Waals surface area (Å²) in [5.74, 6) is 0.0115. The van der Waals surface area contributed by atoms with Gasteiger partial charge in [-0.3, -0.25) is 9.36 Å². The second kappa shape index (κ2) is 7.50. The SMILES string of the molecule is CC(Oc1ccc(F)cc1)C(=O)N1CCC(n2c(=O)[nH]c3ccccc32)CC1. The number of likely N-dealkylation sites (tertiary alicyclic amines) is 1. The number of rotatable bonds is 4. The number of carbonyl (C=O) groups is 1. The average Bonchev–Trinajstić information content (AvgIpc) is 3.05. The lowest BCUT2D eigenvalue weighted by Crippen LogP contribution is -2.45. The van der Waals surface area contributed by atoms with Gasteiger partial charge in [0.25, 0.3) is 5.91 Å². The summed E-state index contributed by atoms with van der Waals surface area (Å²) in [4.78, 5) is 29.7. The van der Waals surface area contributed by atoms with Crippen molar-refractivity contribution in [1.82, 2.24) is 14.5 Å². The molecule has 4 rings (SSSR count). The van der Waals surface area contributed by atoms with Crippen LogP contribution >= 0.6 is 0 Å². The van der Waals surface area contributed by atoms with Crippen molar-refractivity contribution in [2.75, 3.05) is 13.1 Å². The number of hydrogen-bond donors (Lipinski definition) is 1. The largest absolute Gasteiger partial charge is 0.481 e. The predicted molar refractivity (Wildman–Crippen MR) is 104 cm³/mol. The molecule has 2 aromatic carbocycles. The first-order chi connectivity index (χ1) is 13.5. The van der Waals surface area contributed by atoms with Gasteiger partial charge in [0.2, 0.25) is 0 Å². The van der Waals surface area contributed by atoms with E-state index in [4.69, 9.17) is 4.74 Å². The molecule has 0 saturated carbocycles. The molecule has 3 aromatic rings. The minimum atomic E-state index is -0.655. The number of piperidine rings is 1. The van der Waals surface area contributed by atoms with Crippen molar-refractivity contribution in [2.45, 2.75) is 31.9 Å². The first-order valence-corrected chi connectivity index (χ1v) is 9.43. The molecule has 28 heavy (non-hydrogen) atoms. The maximum atomic E-state index is 13.0. The summed E-state index contributed by atoms with van der Waals surface area (Å²) in [6.07, 6.45) is 0.755. The minimum Gasteiger partial charge on any atom is -0.481 e. The number of benzene rings is 2. The molecule has 0 aliphatic carbocycles. The summed E-state index contributed by atoms with van der Waals surface area (Å²) in [5, 5.41) is 0. The zero-order valence-corrected chi connectivity index (χ0v) is 15.6. The number of aromatic nitrogens is 2. The summed E-state index contributed by atoms with van der Waals surface area (Å²) in [6.45, 7) is 2.82. The molecule has 0 spiro atoms. The van der Waals surface area contributed by atoms with Crippen LogP contribution in [0.3, 0.4) is 0 Å². The molecule has 0 radical (unpaired) electrons. The van der Waals surface area contributed by atoms with Gasteiger partial charge in [-0.2, -0.15) is 0 Å². The standard InChI is InChI=1S/C21H22FN3O3/c1-14(28-17-8-6-15(22)7-9-17)20(26)24-12-10-16(11-13-24)25-19-5-3-2-4-18(19)23-21(25)27/h2-9,14,16H,10-13H2,1H3,(H,23,27). The molecule has 7 heteroatoms. The van der Waals surface area contributed by atoms with E-state index in [1.54, 1.807) is 16.4 Å². The molecule has 0 bridgehead atoms. The van der Waals surface area contributed by atoms with E-state index in [-0.39, 0.29) is 23.5 Å². The van der Waals surface area contributed by atoms with E-state index >= 15 is 0 Å². The van der Waals surface area contributed by atoms with Gasteiger partial charge < -0.3 is 14.6 Å². The van der Waals surface area contributed by atoms with E-state index < -0.39 is 6.10 Å². The Morgan fingerprint density at radius 3 is 2.54 bits per heavy atom. The topological polar surface area (TPSA) is 67.3 Å². The summed E-state index contributed by atoms with van der Waals surface area (Å²) < 4.78 is 20.4. The number of nitrogens with one attached hydrogen (secondary N) is 1. The van der Waals surface area contributed by atoms with Crippen molar-refractivity contribution in [3.05, 3.63) is 64.8 Å². The second-order valence-electron chi connectivity index (χ2n) is 7.09. The highest BCUT2D eigenvalue weighted by molar-refractivity contribution is 5.81. The number of fused-ring (bicyclic) bond motifs is 1. The molecule has 1 fully saturated rings. The Labute approximate surface area is 161 Å². The van der Waals surface area contributed by atoms with E-state index in [0.29, 0.717) is 31.7 Å². The third-order valence-electron chi connectivity index (χ3n) is 5.24. The van der Waals surface area contributed by atoms with Gasteiger partial charge in [-0.25, -0.2) is 9.18 Å². The number of amides is 1. The quantitative estimate of drug-likeness (QED) is 0.753. The molecular formula is C21H22FN3O3. The lowest BCUT2D eigenvalue weighted by molar-refractivity contribution is -0.139. The van der Waals surface area contributed by atoms with Crippen LogP contribution in [0, 0.1) is 5.82 Å². The summed E-state index contributed by atoms with van der Waals surface area (Å²) in [7, 11) is 0. The molecule has 6 nitrogen and oxygen atoms in total. The van der Waals surface area contributed by atoms with Crippen molar-refractivity contribution < 1.29 is 13.9 Å². The third-order valence-corrected chi connectivity index (χ3v) is 5.24. The molecule has 1 aliphatic rings. The van der Waals surface area contributed by atoms with Crippen LogP contribution in [0.1, 0.15) is 25.8 Å². The van der Waals surface area contributed by atoms with Gasteiger partial charge in [0.15, 0.2) is 6.10 Å². The normalized spacial score (nSPS) is 16.3. The molecule has 1 atom stereocenters. The number of H-pyrrole nitrogens is 1. The van der Waals surface area contributed by atoms with Crippen molar-refractivity contribution >= 4 is 16.9 Å². The number of aromatic amines is 1. The second-order valence-corrected chi connectivity index (χ2v) is 7.09. The van der Waals surface area contributed by atoms with Gasteiger partial charge in [-0.15, -0.1) is 0 Å². The molecule has 1 amide bonds. The van der Waals surface area contributed by atoms with Crippen molar-refractivity contribution in [1.29, 1.82) is 0 Å². The Balaban J connectivity index is 1.40. The fraction of sp³-hybridized carbons (Fsp3) is 0.333. The highest BCUT2D eigenvalue weighted by Crippen LogP contribution is 2.25. The Hall–Kier alpha value is -3.09. The van der Waals surface area contributed by atoms with Crippen LogP contribution in [0.25, 0.3) is 11.0 Å².